The minimum absolute atomic E-state index is 0.0448. The van der Waals surface area contributed by atoms with Gasteiger partial charge in [0.15, 0.2) is 0 Å². The van der Waals surface area contributed by atoms with Gasteiger partial charge in [0.1, 0.15) is 11.5 Å². The fourth-order valence-electron chi connectivity index (χ4n) is 3.13. The molecule has 0 bridgehead atoms. The van der Waals surface area contributed by atoms with E-state index in [2.05, 4.69) is 17.4 Å². The van der Waals surface area contributed by atoms with Crippen molar-refractivity contribution in [3.05, 3.63) is 59.2 Å². The molecule has 0 radical (unpaired) electrons. The lowest BCUT2D eigenvalue weighted by atomic mass is 9.87. The first-order valence-corrected chi connectivity index (χ1v) is 7.83. The lowest BCUT2D eigenvalue weighted by Crippen LogP contribution is -2.31. The van der Waals surface area contributed by atoms with Gasteiger partial charge in [-0.3, -0.25) is 4.79 Å². The molecule has 120 valence electrons. The van der Waals surface area contributed by atoms with Gasteiger partial charge in [0.2, 0.25) is 0 Å². The highest BCUT2D eigenvalue weighted by molar-refractivity contribution is 5.97. The first kappa shape index (κ1) is 15.4. The van der Waals surface area contributed by atoms with Crippen LogP contribution in [-0.2, 0) is 6.42 Å². The van der Waals surface area contributed by atoms with Gasteiger partial charge in [0.25, 0.3) is 5.91 Å². The van der Waals surface area contributed by atoms with Crippen molar-refractivity contribution in [3.8, 4) is 11.5 Å². The molecule has 2 aromatic carbocycles. The number of fused-ring (bicyclic) bond motifs is 1. The van der Waals surface area contributed by atoms with Crippen molar-refractivity contribution in [2.75, 3.05) is 14.2 Å². The molecule has 0 fully saturated rings. The van der Waals surface area contributed by atoms with E-state index in [1.807, 2.05) is 12.1 Å². The highest BCUT2D eigenvalue weighted by Gasteiger charge is 2.23. The third-order valence-corrected chi connectivity index (χ3v) is 4.33. The summed E-state index contributed by atoms with van der Waals surface area (Å²) >= 11 is 0. The highest BCUT2D eigenvalue weighted by atomic mass is 16.5. The van der Waals surface area contributed by atoms with Gasteiger partial charge in [-0.25, -0.2) is 0 Å². The first-order valence-electron chi connectivity index (χ1n) is 7.83. The predicted molar refractivity (Wildman–Crippen MR) is 89.1 cm³/mol. The van der Waals surface area contributed by atoms with Crippen LogP contribution in [0.2, 0.25) is 0 Å². The molecule has 1 unspecified atom stereocenters. The van der Waals surface area contributed by atoms with E-state index in [0.29, 0.717) is 17.1 Å². The van der Waals surface area contributed by atoms with Crippen LogP contribution in [0.3, 0.4) is 0 Å². The van der Waals surface area contributed by atoms with Crippen LogP contribution in [0, 0.1) is 0 Å². The van der Waals surface area contributed by atoms with Gasteiger partial charge in [0.05, 0.1) is 25.8 Å². The Bertz CT molecular complexity index is 712. The summed E-state index contributed by atoms with van der Waals surface area (Å²) in [6.07, 6.45) is 3.11. The predicted octanol–water partition coefficient (Wildman–Crippen LogP) is 3.51. The Balaban J connectivity index is 1.86. The summed E-state index contributed by atoms with van der Waals surface area (Å²) in [6.45, 7) is 0. The van der Waals surface area contributed by atoms with Gasteiger partial charge < -0.3 is 14.8 Å². The maximum absolute atomic E-state index is 12.7. The maximum Gasteiger partial charge on any atom is 0.255 e. The van der Waals surface area contributed by atoms with Crippen molar-refractivity contribution in [2.24, 2.45) is 0 Å². The minimum atomic E-state index is -0.137. The lowest BCUT2D eigenvalue weighted by Gasteiger charge is -2.26. The van der Waals surface area contributed by atoms with Crippen LogP contribution in [0.5, 0.6) is 11.5 Å². The lowest BCUT2D eigenvalue weighted by molar-refractivity contribution is 0.0929. The summed E-state index contributed by atoms with van der Waals surface area (Å²) in [6, 6.07) is 13.6. The third kappa shape index (κ3) is 3.16. The average molecular weight is 311 g/mol. The molecule has 4 nitrogen and oxygen atoms in total. The summed E-state index contributed by atoms with van der Waals surface area (Å²) in [5.74, 6) is 1.05. The van der Waals surface area contributed by atoms with E-state index in [9.17, 15) is 4.79 Å². The minimum Gasteiger partial charge on any atom is -0.497 e. The Morgan fingerprint density at radius 2 is 1.96 bits per heavy atom. The van der Waals surface area contributed by atoms with Crippen LogP contribution in [-0.4, -0.2) is 20.1 Å². The third-order valence-electron chi connectivity index (χ3n) is 4.33. The van der Waals surface area contributed by atoms with E-state index in [4.69, 9.17) is 9.47 Å². The van der Waals surface area contributed by atoms with Crippen LogP contribution in [0.1, 0.15) is 40.4 Å². The molecule has 2 aromatic rings. The van der Waals surface area contributed by atoms with E-state index >= 15 is 0 Å². The molecule has 0 saturated heterocycles. The number of nitrogens with one attached hydrogen (secondary N) is 1. The number of amides is 1. The Hall–Kier alpha value is -2.49. The highest BCUT2D eigenvalue weighted by Crippen LogP contribution is 2.31. The number of carbonyl (C=O) groups is 1. The quantitative estimate of drug-likeness (QED) is 0.940. The maximum atomic E-state index is 12.7. The number of hydrogen-bond acceptors (Lipinski definition) is 3. The number of ether oxygens (including phenoxy) is 2. The number of benzene rings is 2. The van der Waals surface area contributed by atoms with Gasteiger partial charge in [-0.05, 0) is 48.6 Å². The molecule has 23 heavy (non-hydrogen) atoms. The van der Waals surface area contributed by atoms with E-state index in [-0.39, 0.29) is 11.9 Å². The Kier molecular flexibility index (Phi) is 4.51. The van der Waals surface area contributed by atoms with Crippen LogP contribution in [0.15, 0.2) is 42.5 Å². The molecule has 1 atom stereocenters. The van der Waals surface area contributed by atoms with E-state index in [0.717, 1.165) is 19.3 Å². The van der Waals surface area contributed by atoms with Gasteiger partial charge in [-0.2, -0.15) is 0 Å². The Labute approximate surface area is 136 Å². The summed E-state index contributed by atoms with van der Waals surface area (Å²) in [5.41, 5.74) is 3.03. The zero-order valence-corrected chi connectivity index (χ0v) is 13.5. The average Bonchev–Trinajstić information content (AvgIpc) is 2.61. The molecular formula is C19H21NO3. The largest absolute Gasteiger partial charge is 0.497 e. The SMILES string of the molecule is COc1ccc(OC)c(C(=O)NC2CCCc3ccccc32)c1. The zero-order valence-electron chi connectivity index (χ0n) is 13.5. The van der Waals surface area contributed by atoms with Gasteiger partial charge in [-0.1, -0.05) is 24.3 Å². The van der Waals surface area contributed by atoms with Crippen molar-refractivity contribution < 1.29 is 14.3 Å². The fraction of sp³-hybridized carbons (Fsp3) is 0.316. The van der Waals surface area contributed by atoms with E-state index < -0.39 is 0 Å². The van der Waals surface area contributed by atoms with Crippen molar-refractivity contribution in [2.45, 2.75) is 25.3 Å². The van der Waals surface area contributed by atoms with Crippen molar-refractivity contribution in [3.63, 3.8) is 0 Å². The molecule has 0 aliphatic heterocycles. The summed E-state index contributed by atoms with van der Waals surface area (Å²) < 4.78 is 10.5. The second-order valence-corrected chi connectivity index (χ2v) is 5.68. The molecule has 0 aromatic heterocycles. The normalized spacial score (nSPS) is 16.3. The van der Waals surface area contributed by atoms with Crippen LogP contribution >= 0.6 is 0 Å². The standard InChI is InChI=1S/C19H21NO3/c1-22-14-10-11-18(23-2)16(12-14)19(21)20-17-9-5-7-13-6-3-4-8-15(13)17/h3-4,6,8,10-12,17H,5,7,9H2,1-2H3,(H,20,21). The summed E-state index contributed by atoms with van der Waals surface area (Å²) in [7, 11) is 3.15. The molecule has 1 aliphatic rings. The number of hydrogen-bond donors (Lipinski definition) is 1. The summed E-state index contributed by atoms with van der Waals surface area (Å²) in [5, 5.41) is 3.14. The van der Waals surface area contributed by atoms with Crippen LogP contribution in [0.25, 0.3) is 0 Å². The molecule has 0 heterocycles. The molecule has 0 saturated carbocycles. The number of carbonyl (C=O) groups excluding carboxylic acids is 1. The number of aryl methyl sites for hydroxylation is 1. The molecular weight excluding hydrogens is 290 g/mol. The first-order chi connectivity index (χ1) is 11.2. The van der Waals surface area contributed by atoms with Crippen LogP contribution in [0.4, 0.5) is 0 Å². The monoisotopic (exact) mass is 311 g/mol. The molecule has 3 rings (SSSR count). The topological polar surface area (TPSA) is 47.6 Å². The molecule has 1 aliphatic carbocycles. The van der Waals surface area contributed by atoms with Gasteiger partial charge >= 0.3 is 0 Å². The van der Waals surface area contributed by atoms with E-state index in [1.165, 1.54) is 11.1 Å². The molecule has 1 N–H and O–H groups in total. The Morgan fingerprint density at radius 3 is 2.74 bits per heavy atom. The van der Waals surface area contributed by atoms with Crippen LogP contribution < -0.4 is 14.8 Å². The van der Waals surface area contributed by atoms with Crippen molar-refractivity contribution in [1.29, 1.82) is 0 Å². The smallest absolute Gasteiger partial charge is 0.255 e. The summed E-state index contributed by atoms with van der Waals surface area (Å²) in [4.78, 5) is 12.7. The number of methoxy groups -OCH3 is 2. The zero-order chi connectivity index (χ0) is 16.2. The molecule has 0 spiro atoms. The van der Waals surface area contributed by atoms with Gasteiger partial charge in [-0.15, -0.1) is 0 Å². The fourth-order valence-corrected chi connectivity index (χ4v) is 3.13. The second kappa shape index (κ2) is 6.73. The molecule has 1 amide bonds. The van der Waals surface area contributed by atoms with Crippen molar-refractivity contribution >= 4 is 5.91 Å². The van der Waals surface area contributed by atoms with E-state index in [1.54, 1.807) is 32.4 Å². The number of rotatable bonds is 4. The van der Waals surface area contributed by atoms with Crippen molar-refractivity contribution in [1.82, 2.24) is 5.32 Å². The van der Waals surface area contributed by atoms with Gasteiger partial charge in [0, 0.05) is 0 Å². The second-order valence-electron chi connectivity index (χ2n) is 5.68. The molecule has 4 heteroatoms. The Morgan fingerprint density at radius 1 is 1.13 bits per heavy atom.